The zero-order valence-corrected chi connectivity index (χ0v) is 13.8. The lowest BCUT2D eigenvalue weighted by atomic mass is 10.1. The molecular weight excluding hydrogens is 303 g/mol. The average molecular weight is 323 g/mol. The highest BCUT2D eigenvalue weighted by Gasteiger charge is 2.09. The highest BCUT2D eigenvalue weighted by atomic mass is 35.5. The second-order valence-electron chi connectivity index (χ2n) is 5.45. The summed E-state index contributed by atoms with van der Waals surface area (Å²) in [4.78, 5) is 2.11. The van der Waals surface area contributed by atoms with Crippen LogP contribution in [0.5, 0.6) is 0 Å². The van der Waals surface area contributed by atoms with Crippen molar-refractivity contribution < 1.29 is 0 Å². The minimum Gasteiger partial charge on any atom is -0.369 e. The summed E-state index contributed by atoms with van der Waals surface area (Å²) in [6.07, 6.45) is 0.831. The Morgan fingerprint density at radius 1 is 1.10 bits per heavy atom. The zero-order valence-electron chi connectivity index (χ0n) is 12.3. The van der Waals surface area contributed by atoms with Crippen LogP contribution in [0.15, 0.2) is 42.5 Å². The van der Waals surface area contributed by atoms with E-state index < -0.39 is 0 Å². The molecule has 1 unspecified atom stereocenters. The fourth-order valence-corrected chi connectivity index (χ4v) is 2.91. The molecule has 21 heavy (non-hydrogen) atoms. The number of rotatable bonds is 5. The molecule has 4 heteroatoms. The van der Waals surface area contributed by atoms with Gasteiger partial charge in [-0.1, -0.05) is 41.4 Å². The van der Waals surface area contributed by atoms with Crippen molar-refractivity contribution in [1.82, 2.24) is 0 Å². The molecule has 0 aromatic heterocycles. The average Bonchev–Trinajstić information content (AvgIpc) is 2.37. The molecule has 1 atom stereocenters. The molecule has 0 saturated heterocycles. The monoisotopic (exact) mass is 322 g/mol. The lowest BCUT2D eigenvalue weighted by Gasteiger charge is -2.21. The van der Waals surface area contributed by atoms with Gasteiger partial charge in [-0.25, -0.2) is 0 Å². The van der Waals surface area contributed by atoms with E-state index in [0.717, 1.165) is 39.8 Å². The molecule has 0 heterocycles. The Kier molecular flexibility index (Phi) is 5.51. The highest BCUT2D eigenvalue weighted by Crippen LogP contribution is 2.28. The number of hydrogen-bond donors (Lipinski definition) is 1. The lowest BCUT2D eigenvalue weighted by molar-refractivity contribution is 0.738. The first-order valence-corrected chi connectivity index (χ1v) is 7.71. The van der Waals surface area contributed by atoms with Crippen LogP contribution in [-0.2, 0) is 13.0 Å². The van der Waals surface area contributed by atoms with Gasteiger partial charge in [0.1, 0.15) is 0 Å². The Morgan fingerprint density at radius 3 is 2.48 bits per heavy atom. The van der Waals surface area contributed by atoms with Crippen molar-refractivity contribution in [3.63, 3.8) is 0 Å². The number of nitrogens with zero attached hydrogens (tertiary/aromatic N) is 1. The lowest BCUT2D eigenvalue weighted by Crippen LogP contribution is -2.19. The van der Waals surface area contributed by atoms with Crippen molar-refractivity contribution in [1.29, 1.82) is 0 Å². The largest absolute Gasteiger partial charge is 0.369 e. The topological polar surface area (TPSA) is 29.3 Å². The molecule has 0 aliphatic heterocycles. The van der Waals surface area contributed by atoms with Crippen LogP contribution in [-0.4, -0.2) is 13.1 Å². The maximum atomic E-state index is 6.40. The summed E-state index contributed by atoms with van der Waals surface area (Å²) in [5, 5.41) is 1.50. The molecule has 0 bridgehead atoms. The van der Waals surface area contributed by atoms with E-state index in [1.165, 1.54) is 0 Å². The van der Waals surface area contributed by atoms with Crippen LogP contribution in [0.4, 0.5) is 5.69 Å². The fourth-order valence-electron chi connectivity index (χ4n) is 2.35. The summed E-state index contributed by atoms with van der Waals surface area (Å²) in [6.45, 7) is 2.75. The second kappa shape index (κ2) is 7.17. The van der Waals surface area contributed by atoms with Gasteiger partial charge in [0.15, 0.2) is 0 Å². The summed E-state index contributed by atoms with van der Waals surface area (Å²) in [5.74, 6) is 0. The fraction of sp³-hybridized carbons (Fsp3) is 0.294. The zero-order chi connectivity index (χ0) is 15.4. The Hall–Kier alpha value is -1.22. The van der Waals surface area contributed by atoms with Gasteiger partial charge in [0.25, 0.3) is 0 Å². The van der Waals surface area contributed by atoms with Crippen molar-refractivity contribution >= 4 is 28.9 Å². The van der Waals surface area contributed by atoms with E-state index in [2.05, 4.69) is 17.0 Å². The Bertz CT molecular complexity index is 611. The minimum absolute atomic E-state index is 0.135. The number of halogens is 2. The Balaban J connectivity index is 2.13. The molecule has 0 radical (unpaired) electrons. The van der Waals surface area contributed by atoms with Crippen molar-refractivity contribution in [2.24, 2.45) is 5.73 Å². The van der Waals surface area contributed by atoms with Crippen LogP contribution in [0, 0.1) is 0 Å². The van der Waals surface area contributed by atoms with Crippen molar-refractivity contribution in [3.05, 3.63) is 63.6 Å². The predicted molar refractivity (Wildman–Crippen MR) is 92.4 cm³/mol. The Morgan fingerprint density at radius 2 is 1.86 bits per heavy atom. The van der Waals surface area contributed by atoms with E-state index in [1.54, 1.807) is 0 Å². The Labute approximate surface area is 136 Å². The van der Waals surface area contributed by atoms with Gasteiger partial charge in [0.2, 0.25) is 0 Å². The van der Waals surface area contributed by atoms with Crippen molar-refractivity contribution in [2.45, 2.75) is 25.9 Å². The van der Waals surface area contributed by atoms with Crippen molar-refractivity contribution in [3.8, 4) is 0 Å². The van der Waals surface area contributed by atoms with Gasteiger partial charge in [-0.15, -0.1) is 0 Å². The SMILES string of the molecule is CC(N)Cc1ccc(N(C)Cc2cccc(Cl)c2)c(Cl)c1. The van der Waals surface area contributed by atoms with E-state index >= 15 is 0 Å². The molecule has 0 saturated carbocycles. The summed E-state index contributed by atoms with van der Waals surface area (Å²) in [6, 6.07) is 14.1. The number of anilines is 1. The van der Waals surface area contributed by atoms with Crippen LogP contribution in [0.2, 0.25) is 10.0 Å². The van der Waals surface area contributed by atoms with E-state index in [9.17, 15) is 0 Å². The standard InChI is InChI=1S/C17H20Cl2N2/c1-12(20)8-13-6-7-17(16(19)10-13)21(2)11-14-4-3-5-15(18)9-14/h3-7,9-10,12H,8,11,20H2,1-2H3. The maximum absolute atomic E-state index is 6.40. The van der Waals surface area contributed by atoms with Crippen LogP contribution >= 0.6 is 23.2 Å². The molecule has 0 aliphatic carbocycles. The summed E-state index contributed by atoms with van der Waals surface area (Å²) in [5.41, 5.74) is 9.14. The molecule has 2 aromatic carbocycles. The molecule has 2 aromatic rings. The molecule has 0 fully saturated rings. The third-order valence-electron chi connectivity index (χ3n) is 3.29. The highest BCUT2D eigenvalue weighted by molar-refractivity contribution is 6.33. The minimum atomic E-state index is 0.135. The van der Waals surface area contributed by atoms with Gasteiger partial charge < -0.3 is 10.6 Å². The van der Waals surface area contributed by atoms with Crippen LogP contribution in [0.25, 0.3) is 0 Å². The molecule has 0 amide bonds. The quantitative estimate of drug-likeness (QED) is 0.876. The first kappa shape index (κ1) is 16.2. The molecule has 2 nitrogen and oxygen atoms in total. The second-order valence-corrected chi connectivity index (χ2v) is 6.30. The van der Waals surface area contributed by atoms with E-state index in [4.69, 9.17) is 28.9 Å². The van der Waals surface area contributed by atoms with E-state index in [0.29, 0.717) is 0 Å². The van der Waals surface area contributed by atoms with Gasteiger partial charge in [0.05, 0.1) is 10.7 Å². The van der Waals surface area contributed by atoms with Gasteiger partial charge in [-0.2, -0.15) is 0 Å². The summed E-state index contributed by atoms with van der Waals surface area (Å²) < 4.78 is 0. The molecule has 0 spiro atoms. The van der Waals surface area contributed by atoms with Gasteiger partial charge in [0, 0.05) is 24.7 Å². The molecule has 0 aliphatic rings. The molecule has 112 valence electrons. The third-order valence-corrected chi connectivity index (χ3v) is 3.83. The smallest absolute Gasteiger partial charge is 0.0642 e. The third kappa shape index (κ3) is 4.63. The maximum Gasteiger partial charge on any atom is 0.0642 e. The summed E-state index contributed by atoms with van der Waals surface area (Å²) >= 11 is 12.4. The van der Waals surface area contributed by atoms with Gasteiger partial charge in [-0.05, 0) is 48.7 Å². The van der Waals surface area contributed by atoms with Crippen LogP contribution in [0.1, 0.15) is 18.1 Å². The summed E-state index contributed by atoms with van der Waals surface area (Å²) in [7, 11) is 2.02. The number of benzene rings is 2. The van der Waals surface area contributed by atoms with E-state index in [1.807, 2.05) is 44.3 Å². The normalized spacial score (nSPS) is 12.2. The first-order valence-electron chi connectivity index (χ1n) is 6.95. The first-order chi connectivity index (χ1) is 9.95. The van der Waals surface area contributed by atoms with Gasteiger partial charge in [-0.3, -0.25) is 0 Å². The molecular formula is C17H20Cl2N2. The predicted octanol–water partition coefficient (Wildman–Crippen LogP) is 4.52. The number of nitrogens with two attached hydrogens (primary N) is 1. The van der Waals surface area contributed by atoms with Crippen LogP contribution < -0.4 is 10.6 Å². The molecule has 2 rings (SSSR count). The van der Waals surface area contributed by atoms with Gasteiger partial charge >= 0.3 is 0 Å². The van der Waals surface area contributed by atoms with Crippen LogP contribution in [0.3, 0.4) is 0 Å². The molecule has 2 N–H and O–H groups in total. The number of hydrogen-bond acceptors (Lipinski definition) is 2. The van der Waals surface area contributed by atoms with Crippen molar-refractivity contribution in [2.75, 3.05) is 11.9 Å². The van der Waals surface area contributed by atoms with E-state index in [-0.39, 0.29) is 6.04 Å².